The molecule has 20 heavy (non-hydrogen) atoms. The zero-order valence-electron chi connectivity index (χ0n) is 12.8. The van der Waals surface area contributed by atoms with E-state index in [1.165, 1.54) is 64.2 Å². The Morgan fingerprint density at radius 2 is 0.600 bits per heavy atom. The maximum atomic E-state index is 2.28. The first-order valence-corrected chi connectivity index (χ1v) is 8.32. The Labute approximate surface area is 125 Å². The van der Waals surface area contributed by atoms with Crippen molar-refractivity contribution in [3.05, 3.63) is 60.8 Å². The molecule has 0 N–H and O–H groups in total. The number of hydrogen-bond donors (Lipinski definition) is 0. The lowest BCUT2D eigenvalue weighted by Gasteiger charge is -2.00. The van der Waals surface area contributed by atoms with Crippen LogP contribution >= 0.6 is 0 Å². The third-order valence-corrected chi connectivity index (χ3v) is 3.54. The van der Waals surface area contributed by atoms with Crippen molar-refractivity contribution in [3.63, 3.8) is 0 Å². The highest BCUT2D eigenvalue weighted by molar-refractivity contribution is 5.17. The van der Waals surface area contributed by atoms with Crippen LogP contribution in [0.15, 0.2) is 60.8 Å². The Morgan fingerprint density at radius 3 is 1.00 bits per heavy atom. The molecule has 1 aliphatic rings. The summed E-state index contributed by atoms with van der Waals surface area (Å²) in [6, 6.07) is 0. The molecule has 0 radical (unpaired) electrons. The summed E-state index contributed by atoms with van der Waals surface area (Å²) in [6.07, 6.45) is 35.0. The molecule has 0 amide bonds. The molecule has 1 aliphatic carbocycles. The van der Waals surface area contributed by atoms with Gasteiger partial charge in [0.05, 0.1) is 0 Å². The van der Waals surface area contributed by atoms with E-state index >= 15 is 0 Å². The van der Waals surface area contributed by atoms with Gasteiger partial charge in [0, 0.05) is 0 Å². The SMILES string of the molecule is C1=CC=CC=CCCCCCCCCCCC=CC=C1. The van der Waals surface area contributed by atoms with Crippen molar-refractivity contribution in [2.75, 3.05) is 0 Å². The first kappa shape index (κ1) is 16.8. The zero-order valence-corrected chi connectivity index (χ0v) is 12.8. The largest absolute Gasteiger partial charge is 0.0845 e. The predicted octanol–water partition coefficient (Wildman–Crippen LogP) is 6.68. The van der Waals surface area contributed by atoms with Crippen molar-refractivity contribution >= 4 is 0 Å². The molecule has 0 saturated heterocycles. The van der Waals surface area contributed by atoms with Gasteiger partial charge in [-0.05, 0) is 25.7 Å². The van der Waals surface area contributed by atoms with Gasteiger partial charge in [-0.15, -0.1) is 0 Å². The van der Waals surface area contributed by atoms with E-state index in [-0.39, 0.29) is 0 Å². The van der Waals surface area contributed by atoms with Gasteiger partial charge in [-0.25, -0.2) is 0 Å². The highest BCUT2D eigenvalue weighted by Gasteiger charge is 1.91. The van der Waals surface area contributed by atoms with E-state index in [0.29, 0.717) is 0 Å². The zero-order chi connectivity index (χ0) is 14.1. The fraction of sp³-hybridized carbons (Fsp3) is 0.500. The summed E-state index contributed by atoms with van der Waals surface area (Å²) in [5, 5.41) is 0. The molecule has 0 spiro atoms. The van der Waals surface area contributed by atoms with E-state index in [0.717, 1.165) is 0 Å². The molecule has 0 nitrogen and oxygen atoms in total. The molecular weight excluding hydrogens is 240 g/mol. The van der Waals surface area contributed by atoms with E-state index in [9.17, 15) is 0 Å². The van der Waals surface area contributed by atoms with Gasteiger partial charge in [0.15, 0.2) is 0 Å². The Bertz CT molecular complexity index is 305. The van der Waals surface area contributed by atoms with Crippen LogP contribution < -0.4 is 0 Å². The molecule has 0 bridgehead atoms. The smallest absolute Gasteiger partial charge is 0.0348 e. The molecule has 110 valence electrons. The van der Waals surface area contributed by atoms with Crippen LogP contribution in [-0.2, 0) is 0 Å². The van der Waals surface area contributed by atoms with Gasteiger partial charge in [0.25, 0.3) is 0 Å². The second-order valence-electron chi connectivity index (χ2n) is 5.42. The lowest BCUT2D eigenvalue weighted by molar-refractivity contribution is 0.571. The predicted molar refractivity (Wildman–Crippen MR) is 91.9 cm³/mol. The highest BCUT2D eigenvalue weighted by Crippen LogP contribution is 2.11. The van der Waals surface area contributed by atoms with Crippen molar-refractivity contribution in [1.29, 1.82) is 0 Å². The van der Waals surface area contributed by atoms with E-state index in [2.05, 4.69) is 60.8 Å². The van der Waals surface area contributed by atoms with Gasteiger partial charge >= 0.3 is 0 Å². The molecule has 1 rings (SSSR count). The summed E-state index contributed by atoms with van der Waals surface area (Å²) >= 11 is 0. The topological polar surface area (TPSA) is 0 Å². The average molecular weight is 270 g/mol. The normalized spacial score (nSPS) is 20.0. The Kier molecular flexibility index (Phi) is 11.8. The molecule has 0 aromatic heterocycles. The minimum Gasteiger partial charge on any atom is -0.0845 e. The average Bonchev–Trinajstić information content (AvgIpc) is 2.46. The summed E-state index contributed by atoms with van der Waals surface area (Å²) in [7, 11) is 0. The first-order chi connectivity index (χ1) is 10.0. The van der Waals surface area contributed by atoms with Crippen molar-refractivity contribution < 1.29 is 0 Å². The number of allylic oxidation sites excluding steroid dienone is 10. The standard InChI is InChI=1S/C20H30/c1-2-4-6-8-10-12-14-16-18-20-19-17-15-13-11-9-7-5-3-1/h1-10H,11-20H2. The highest BCUT2D eigenvalue weighted by atomic mass is 14.0. The maximum absolute atomic E-state index is 2.28. The Hall–Kier alpha value is -1.30. The summed E-state index contributed by atoms with van der Waals surface area (Å²) in [4.78, 5) is 0. The fourth-order valence-corrected chi connectivity index (χ4v) is 2.32. The van der Waals surface area contributed by atoms with Gasteiger partial charge < -0.3 is 0 Å². The summed E-state index contributed by atoms with van der Waals surface area (Å²) in [5.74, 6) is 0. The van der Waals surface area contributed by atoms with Crippen LogP contribution in [0.2, 0.25) is 0 Å². The minimum absolute atomic E-state index is 1.22. The molecule has 0 heterocycles. The van der Waals surface area contributed by atoms with E-state index in [4.69, 9.17) is 0 Å². The van der Waals surface area contributed by atoms with Gasteiger partial charge in [-0.1, -0.05) is 99.3 Å². The molecule has 0 heteroatoms. The first-order valence-electron chi connectivity index (χ1n) is 8.32. The fourth-order valence-electron chi connectivity index (χ4n) is 2.32. The quantitative estimate of drug-likeness (QED) is 0.460. The molecular formula is C20H30. The summed E-state index contributed by atoms with van der Waals surface area (Å²) in [5.41, 5.74) is 0. The van der Waals surface area contributed by atoms with Crippen molar-refractivity contribution in [2.24, 2.45) is 0 Å². The second kappa shape index (κ2) is 14.1. The van der Waals surface area contributed by atoms with Gasteiger partial charge in [-0.3, -0.25) is 0 Å². The molecule has 0 unspecified atom stereocenters. The molecule has 0 saturated carbocycles. The third-order valence-electron chi connectivity index (χ3n) is 3.54. The van der Waals surface area contributed by atoms with Crippen LogP contribution in [0.25, 0.3) is 0 Å². The van der Waals surface area contributed by atoms with Crippen LogP contribution in [0.1, 0.15) is 64.2 Å². The van der Waals surface area contributed by atoms with Crippen LogP contribution in [0.5, 0.6) is 0 Å². The Balaban J connectivity index is 2.31. The van der Waals surface area contributed by atoms with Gasteiger partial charge in [0.1, 0.15) is 0 Å². The second-order valence-corrected chi connectivity index (χ2v) is 5.42. The van der Waals surface area contributed by atoms with Gasteiger partial charge in [-0.2, -0.15) is 0 Å². The third kappa shape index (κ3) is 11.8. The maximum Gasteiger partial charge on any atom is -0.0348 e. The van der Waals surface area contributed by atoms with Gasteiger partial charge in [0.2, 0.25) is 0 Å². The van der Waals surface area contributed by atoms with Crippen molar-refractivity contribution in [2.45, 2.75) is 64.2 Å². The molecule has 0 aliphatic heterocycles. The summed E-state index contributed by atoms with van der Waals surface area (Å²) < 4.78 is 0. The lowest BCUT2D eigenvalue weighted by atomic mass is 10.1. The van der Waals surface area contributed by atoms with Crippen LogP contribution in [0.4, 0.5) is 0 Å². The lowest BCUT2D eigenvalue weighted by Crippen LogP contribution is -1.81. The van der Waals surface area contributed by atoms with Crippen LogP contribution in [0.3, 0.4) is 0 Å². The number of rotatable bonds is 0. The molecule has 0 atom stereocenters. The molecule has 0 aromatic rings. The minimum atomic E-state index is 1.22. The molecule has 0 aromatic carbocycles. The van der Waals surface area contributed by atoms with E-state index in [1.807, 2.05) is 0 Å². The van der Waals surface area contributed by atoms with E-state index in [1.54, 1.807) is 0 Å². The monoisotopic (exact) mass is 270 g/mol. The van der Waals surface area contributed by atoms with Crippen molar-refractivity contribution in [3.8, 4) is 0 Å². The number of hydrogen-bond acceptors (Lipinski definition) is 0. The Morgan fingerprint density at radius 1 is 0.300 bits per heavy atom. The van der Waals surface area contributed by atoms with Crippen molar-refractivity contribution in [1.82, 2.24) is 0 Å². The van der Waals surface area contributed by atoms with Crippen LogP contribution in [-0.4, -0.2) is 0 Å². The summed E-state index contributed by atoms with van der Waals surface area (Å²) in [6.45, 7) is 0. The van der Waals surface area contributed by atoms with Crippen LogP contribution in [0, 0.1) is 0 Å². The molecule has 0 fully saturated rings. The van der Waals surface area contributed by atoms with E-state index < -0.39 is 0 Å².